The normalized spacial score (nSPS) is 24.6. The minimum absolute atomic E-state index is 0.0856. The van der Waals surface area contributed by atoms with Gasteiger partial charge in [-0.2, -0.15) is 18.4 Å². The maximum atomic E-state index is 13.6. The lowest BCUT2D eigenvalue weighted by Gasteiger charge is -2.37. The van der Waals surface area contributed by atoms with Crippen LogP contribution in [0.2, 0.25) is 0 Å². The number of alkyl halides is 3. The van der Waals surface area contributed by atoms with E-state index >= 15 is 0 Å². The predicted octanol–water partition coefficient (Wildman–Crippen LogP) is 2.48. The molecule has 1 aliphatic heterocycles. The molecule has 8 nitrogen and oxygen atoms in total. The molecule has 3 rings (SSSR count). The Kier molecular flexibility index (Phi) is 6.61. The van der Waals surface area contributed by atoms with Crippen molar-refractivity contribution in [2.75, 3.05) is 6.54 Å². The van der Waals surface area contributed by atoms with Crippen molar-refractivity contribution in [2.24, 2.45) is 22.7 Å². The number of amides is 3. The van der Waals surface area contributed by atoms with Gasteiger partial charge in [-0.25, -0.2) is 4.39 Å². The van der Waals surface area contributed by atoms with Gasteiger partial charge in [-0.05, 0) is 28.7 Å². The van der Waals surface area contributed by atoms with E-state index in [0.717, 1.165) is 12.3 Å². The number of nitriles is 1. The molecule has 35 heavy (non-hydrogen) atoms. The van der Waals surface area contributed by atoms with E-state index in [1.807, 2.05) is 19.9 Å². The third-order valence-corrected chi connectivity index (χ3v) is 6.88. The van der Waals surface area contributed by atoms with Gasteiger partial charge in [0.1, 0.15) is 23.9 Å². The summed E-state index contributed by atoms with van der Waals surface area (Å²) in [5, 5.41) is 13.8. The third-order valence-electron chi connectivity index (χ3n) is 6.88. The van der Waals surface area contributed by atoms with Gasteiger partial charge < -0.3 is 15.5 Å². The van der Waals surface area contributed by atoms with Crippen LogP contribution < -0.4 is 10.6 Å². The summed E-state index contributed by atoms with van der Waals surface area (Å²) in [6.45, 7) is 8.45. The van der Waals surface area contributed by atoms with Crippen LogP contribution in [0.4, 0.5) is 17.6 Å². The summed E-state index contributed by atoms with van der Waals surface area (Å²) in [5.74, 6) is -4.85. The van der Waals surface area contributed by atoms with Gasteiger partial charge in [-0.15, -0.1) is 0 Å². The topological polar surface area (TPSA) is 115 Å². The predicted molar refractivity (Wildman–Crippen MR) is 114 cm³/mol. The molecular formula is C23H27F4N5O3. The number of halogens is 4. The first-order chi connectivity index (χ1) is 16.0. The first kappa shape index (κ1) is 26.4. The number of piperidine rings is 1. The van der Waals surface area contributed by atoms with Gasteiger partial charge in [-0.1, -0.05) is 34.6 Å². The third kappa shape index (κ3) is 5.09. The standard InChI is InChI=1S/C23H27F4N5O3/c1-21(2,3)17(31-20(35)23(25,26)27)19(34)32-10-13-15(22(13,4)5)16(32)18(33)30-14(7-28)11-6-12(24)9-29-8-11/h6,8-9,13-17H,10H2,1-5H3,(H,30,33)(H,31,35)/t13-,14?,15-,16-,17+/m0/s1. The summed E-state index contributed by atoms with van der Waals surface area (Å²) in [6.07, 6.45) is -3.02. The summed E-state index contributed by atoms with van der Waals surface area (Å²) >= 11 is 0. The number of nitrogens with one attached hydrogen (secondary N) is 2. The van der Waals surface area contributed by atoms with Crippen molar-refractivity contribution in [3.8, 4) is 6.07 Å². The van der Waals surface area contributed by atoms with Crippen LogP contribution in [-0.4, -0.2) is 52.4 Å². The number of rotatable bonds is 5. The van der Waals surface area contributed by atoms with Gasteiger partial charge in [0.05, 0.1) is 12.3 Å². The van der Waals surface area contributed by atoms with Gasteiger partial charge in [0, 0.05) is 18.3 Å². The smallest absolute Gasteiger partial charge is 0.336 e. The van der Waals surface area contributed by atoms with Gasteiger partial charge in [0.25, 0.3) is 0 Å². The maximum Gasteiger partial charge on any atom is 0.471 e. The Hall–Kier alpha value is -3.23. The van der Waals surface area contributed by atoms with Gasteiger partial charge in [0.2, 0.25) is 11.8 Å². The zero-order valence-corrected chi connectivity index (χ0v) is 19.9. The summed E-state index contributed by atoms with van der Waals surface area (Å²) in [7, 11) is 0. The number of nitrogens with zero attached hydrogens (tertiary/aromatic N) is 3. The van der Waals surface area contributed by atoms with Gasteiger partial charge >= 0.3 is 12.1 Å². The Morgan fingerprint density at radius 1 is 1.20 bits per heavy atom. The van der Waals surface area contributed by atoms with E-state index in [9.17, 15) is 37.2 Å². The zero-order chi connectivity index (χ0) is 26.5. The number of hydrogen-bond donors (Lipinski definition) is 2. The lowest BCUT2D eigenvalue weighted by molar-refractivity contribution is -0.176. The Balaban J connectivity index is 1.88. The fraction of sp³-hybridized carbons (Fsp3) is 0.609. The lowest BCUT2D eigenvalue weighted by atomic mass is 9.85. The van der Waals surface area contributed by atoms with Gasteiger partial charge in [0.15, 0.2) is 0 Å². The van der Waals surface area contributed by atoms with Crippen LogP contribution in [0.25, 0.3) is 0 Å². The highest BCUT2D eigenvalue weighted by Crippen LogP contribution is 2.65. The van der Waals surface area contributed by atoms with Crippen molar-refractivity contribution < 1.29 is 31.9 Å². The van der Waals surface area contributed by atoms with Crippen molar-refractivity contribution in [1.82, 2.24) is 20.5 Å². The molecule has 190 valence electrons. The van der Waals surface area contributed by atoms with E-state index in [4.69, 9.17) is 0 Å². The average Bonchev–Trinajstić information content (AvgIpc) is 3.08. The van der Waals surface area contributed by atoms with Gasteiger partial charge in [-0.3, -0.25) is 19.4 Å². The molecule has 1 saturated heterocycles. The van der Waals surface area contributed by atoms with Crippen molar-refractivity contribution in [3.63, 3.8) is 0 Å². The molecule has 1 unspecified atom stereocenters. The van der Waals surface area contributed by atoms with E-state index in [1.54, 1.807) is 5.32 Å². The number of fused-ring (bicyclic) bond motifs is 1. The molecule has 2 N–H and O–H groups in total. The largest absolute Gasteiger partial charge is 0.471 e. The summed E-state index contributed by atoms with van der Waals surface area (Å²) in [6, 6.07) is -0.978. The lowest BCUT2D eigenvalue weighted by Crippen LogP contribution is -2.60. The molecule has 2 aliphatic rings. The molecule has 1 aliphatic carbocycles. The number of likely N-dealkylation sites (tertiary alicyclic amines) is 1. The molecule has 12 heteroatoms. The Morgan fingerprint density at radius 3 is 2.34 bits per heavy atom. The van der Waals surface area contributed by atoms with Crippen molar-refractivity contribution in [1.29, 1.82) is 5.26 Å². The minimum atomic E-state index is -5.19. The van der Waals surface area contributed by atoms with E-state index in [-0.39, 0.29) is 29.4 Å². The molecule has 1 aromatic heterocycles. The number of aromatic nitrogens is 1. The highest BCUT2D eigenvalue weighted by Gasteiger charge is 2.70. The Morgan fingerprint density at radius 2 is 1.83 bits per heavy atom. The molecule has 0 bridgehead atoms. The first-order valence-electron chi connectivity index (χ1n) is 11.0. The van der Waals surface area contributed by atoms with Crippen LogP contribution in [0.15, 0.2) is 18.5 Å². The summed E-state index contributed by atoms with van der Waals surface area (Å²) < 4.78 is 52.3. The maximum absolute atomic E-state index is 13.6. The minimum Gasteiger partial charge on any atom is -0.336 e. The summed E-state index contributed by atoms with van der Waals surface area (Å²) in [4.78, 5) is 43.3. The molecule has 1 saturated carbocycles. The molecule has 0 radical (unpaired) electrons. The molecule has 2 fully saturated rings. The van der Waals surface area contributed by atoms with Crippen molar-refractivity contribution >= 4 is 17.7 Å². The fourth-order valence-electron chi connectivity index (χ4n) is 4.84. The second kappa shape index (κ2) is 8.77. The van der Waals surface area contributed by atoms with Crippen LogP contribution in [0, 0.1) is 39.8 Å². The molecule has 5 atom stereocenters. The van der Waals surface area contributed by atoms with Crippen LogP contribution in [0.3, 0.4) is 0 Å². The van der Waals surface area contributed by atoms with Crippen LogP contribution in [-0.2, 0) is 14.4 Å². The monoisotopic (exact) mass is 497 g/mol. The summed E-state index contributed by atoms with van der Waals surface area (Å²) in [5.41, 5.74) is -1.30. The zero-order valence-electron chi connectivity index (χ0n) is 19.9. The second-order valence-electron chi connectivity index (χ2n) is 10.7. The second-order valence-corrected chi connectivity index (χ2v) is 10.7. The number of hydrogen-bond acceptors (Lipinski definition) is 5. The average molecular weight is 497 g/mol. The molecule has 0 spiro atoms. The molecule has 0 aromatic carbocycles. The van der Waals surface area contributed by atoms with Crippen molar-refractivity contribution in [2.45, 2.75) is 58.9 Å². The van der Waals surface area contributed by atoms with E-state index in [1.165, 1.54) is 31.9 Å². The van der Waals surface area contributed by atoms with E-state index in [0.29, 0.717) is 0 Å². The SMILES string of the molecule is CC(C)(C)[C@H](NC(=O)C(F)(F)F)C(=O)N1C[C@H]2[C@@H]([C@H]1C(=O)NC(C#N)c1cncc(F)c1)C2(C)C. The molecule has 2 heterocycles. The number of pyridine rings is 1. The molecule has 3 amide bonds. The van der Waals surface area contributed by atoms with Crippen LogP contribution >= 0.6 is 0 Å². The number of carbonyl (C=O) groups is 3. The number of carbonyl (C=O) groups excluding carboxylic acids is 3. The first-order valence-corrected chi connectivity index (χ1v) is 11.0. The highest BCUT2D eigenvalue weighted by molar-refractivity contribution is 5.95. The molecule has 1 aromatic rings. The fourth-order valence-corrected chi connectivity index (χ4v) is 4.84. The van der Waals surface area contributed by atoms with E-state index in [2.05, 4.69) is 10.3 Å². The van der Waals surface area contributed by atoms with Crippen LogP contribution in [0.1, 0.15) is 46.2 Å². The quantitative estimate of drug-likeness (QED) is 0.607. The van der Waals surface area contributed by atoms with Crippen LogP contribution in [0.5, 0.6) is 0 Å². The van der Waals surface area contributed by atoms with E-state index < -0.39 is 53.3 Å². The Bertz CT molecular complexity index is 1080. The Labute approximate surface area is 200 Å². The van der Waals surface area contributed by atoms with Crippen molar-refractivity contribution in [3.05, 3.63) is 29.8 Å². The molecular weight excluding hydrogens is 470 g/mol. The highest BCUT2D eigenvalue weighted by atomic mass is 19.4.